The van der Waals surface area contributed by atoms with Crippen molar-refractivity contribution in [1.29, 1.82) is 0 Å². The Bertz CT molecular complexity index is 440. The zero-order valence-corrected chi connectivity index (χ0v) is 11.5. The lowest BCUT2D eigenvalue weighted by Gasteiger charge is -2.30. The lowest BCUT2D eigenvalue weighted by atomic mass is 9.93. The molecule has 1 aromatic carbocycles. The van der Waals surface area contributed by atoms with E-state index in [9.17, 15) is 18.7 Å². The van der Waals surface area contributed by atoms with Crippen molar-refractivity contribution in [1.82, 2.24) is 5.32 Å². The number of amides is 1. The summed E-state index contributed by atoms with van der Waals surface area (Å²) in [6, 6.07) is 5.56. The number of alkyl halides is 2. The summed E-state index contributed by atoms with van der Waals surface area (Å²) < 4.78 is 28.5. The number of halogens is 2. The summed E-state index contributed by atoms with van der Waals surface area (Å²) in [7, 11) is 0. The lowest BCUT2D eigenvalue weighted by molar-refractivity contribution is -0.0498. The van der Waals surface area contributed by atoms with E-state index in [1.54, 1.807) is 0 Å². The van der Waals surface area contributed by atoms with Crippen molar-refractivity contribution in [3.05, 3.63) is 29.8 Å². The summed E-state index contributed by atoms with van der Waals surface area (Å²) in [6.07, 6.45) is 1.14. The maximum absolute atomic E-state index is 12.1. The first-order valence-electron chi connectivity index (χ1n) is 6.44. The highest BCUT2D eigenvalue weighted by atomic mass is 19.3. The number of rotatable bonds is 7. The van der Waals surface area contributed by atoms with Gasteiger partial charge in [-0.1, -0.05) is 19.9 Å². The van der Waals surface area contributed by atoms with Crippen LogP contribution in [0.25, 0.3) is 0 Å². The van der Waals surface area contributed by atoms with Gasteiger partial charge in [-0.05, 0) is 31.0 Å². The normalized spacial score (nSPS) is 11.5. The fraction of sp³-hybridized carbons (Fsp3) is 0.500. The van der Waals surface area contributed by atoms with E-state index in [1.807, 2.05) is 13.8 Å². The topological polar surface area (TPSA) is 58.6 Å². The van der Waals surface area contributed by atoms with Gasteiger partial charge in [0.05, 0.1) is 12.1 Å². The standard InChI is InChI=1S/C14H19F2NO3/c1-3-14(4-2,9-18)17-12(19)10-6-5-7-11(8-10)20-13(15)16/h5-8,13,18H,3-4,9H2,1-2H3,(H,17,19). The fourth-order valence-electron chi connectivity index (χ4n) is 1.82. The highest BCUT2D eigenvalue weighted by Crippen LogP contribution is 2.19. The first kappa shape index (κ1) is 16.4. The minimum atomic E-state index is -2.93. The first-order valence-corrected chi connectivity index (χ1v) is 6.44. The molecule has 0 heterocycles. The SMILES string of the molecule is CCC(CC)(CO)NC(=O)c1cccc(OC(F)F)c1. The van der Waals surface area contributed by atoms with E-state index in [0.717, 1.165) is 0 Å². The molecule has 4 nitrogen and oxygen atoms in total. The minimum absolute atomic E-state index is 0.0738. The number of carbonyl (C=O) groups is 1. The molecule has 1 aromatic rings. The molecular weight excluding hydrogens is 268 g/mol. The third kappa shape index (κ3) is 4.16. The Morgan fingerprint density at radius 2 is 2.05 bits per heavy atom. The molecule has 0 spiro atoms. The Labute approximate surface area is 116 Å². The maximum atomic E-state index is 12.1. The van der Waals surface area contributed by atoms with Crippen LogP contribution in [0.1, 0.15) is 37.0 Å². The summed E-state index contributed by atoms with van der Waals surface area (Å²) in [5.74, 6) is -0.502. The molecule has 0 saturated carbocycles. The molecule has 0 unspecified atom stereocenters. The average molecular weight is 287 g/mol. The summed E-state index contributed by atoms with van der Waals surface area (Å²) in [5, 5.41) is 12.2. The van der Waals surface area contributed by atoms with E-state index in [0.29, 0.717) is 12.8 Å². The molecule has 0 aliphatic rings. The first-order chi connectivity index (χ1) is 9.46. The number of hydrogen-bond acceptors (Lipinski definition) is 3. The predicted molar refractivity (Wildman–Crippen MR) is 70.9 cm³/mol. The second-order valence-electron chi connectivity index (χ2n) is 4.51. The molecule has 112 valence electrons. The minimum Gasteiger partial charge on any atom is -0.435 e. The highest BCUT2D eigenvalue weighted by molar-refractivity contribution is 5.95. The summed E-state index contributed by atoms with van der Waals surface area (Å²) >= 11 is 0. The Hall–Kier alpha value is -1.69. The van der Waals surface area contributed by atoms with Gasteiger partial charge in [-0.3, -0.25) is 4.79 Å². The van der Waals surface area contributed by atoms with Crippen LogP contribution in [0.3, 0.4) is 0 Å². The van der Waals surface area contributed by atoms with Crippen molar-refractivity contribution in [2.45, 2.75) is 38.8 Å². The molecule has 0 aliphatic carbocycles. The van der Waals surface area contributed by atoms with Gasteiger partial charge in [0.25, 0.3) is 5.91 Å². The number of carbonyl (C=O) groups excluding carboxylic acids is 1. The van der Waals surface area contributed by atoms with Crippen LogP contribution in [0.15, 0.2) is 24.3 Å². The van der Waals surface area contributed by atoms with Crippen LogP contribution in [-0.4, -0.2) is 29.8 Å². The van der Waals surface area contributed by atoms with Crippen molar-refractivity contribution in [3.63, 3.8) is 0 Å². The van der Waals surface area contributed by atoms with Crippen molar-refractivity contribution in [3.8, 4) is 5.75 Å². The Morgan fingerprint density at radius 1 is 1.40 bits per heavy atom. The molecule has 0 saturated heterocycles. The van der Waals surface area contributed by atoms with Gasteiger partial charge in [-0.25, -0.2) is 0 Å². The van der Waals surface area contributed by atoms with Gasteiger partial charge in [0.2, 0.25) is 0 Å². The van der Waals surface area contributed by atoms with Crippen molar-refractivity contribution in [2.75, 3.05) is 6.61 Å². The molecule has 2 N–H and O–H groups in total. The van der Waals surface area contributed by atoms with Crippen LogP contribution in [0.2, 0.25) is 0 Å². The molecule has 20 heavy (non-hydrogen) atoms. The number of benzene rings is 1. The quantitative estimate of drug-likeness (QED) is 0.810. The molecular formula is C14H19F2NO3. The second-order valence-corrected chi connectivity index (χ2v) is 4.51. The van der Waals surface area contributed by atoms with Gasteiger partial charge in [-0.15, -0.1) is 0 Å². The number of ether oxygens (including phenoxy) is 1. The smallest absolute Gasteiger partial charge is 0.387 e. The van der Waals surface area contributed by atoms with Gasteiger partial charge in [0.1, 0.15) is 5.75 Å². The molecule has 0 aliphatic heterocycles. The molecule has 6 heteroatoms. The van der Waals surface area contributed by atoms with Crippen LogP contribution >= 0.6 is 0 Å². The van der Waals surface area contributed by atoms with Crippen molar-refractivity contribution in [2.24, 2.45) is 0 Å². The molecule has 0 fully saturated rings. The molecule has 1 amide bonds. The van der Waals surface area contributed by atoms with E-state index >= 15 is 0 Å². The van der Waals surface area contributed by atoms with Gasteiger partial charge >= 0.3 is 6.61 Å². The van der Waals surface area contributed by atoms with Crippen LogP contribution in [0, 0.1) is 0 Å². The summed E-state index contributed by atoms with van der Waals surface area (Å²) in [4.78, 5) is 12.1. The summed E-state index contributed by atoms with van der Waals surface area (Å²) in [5.41, 5.74) is -0.487. The molecule has 0 atom stereocenters. The van der Waals surface area contributed by atoms with Gasteiger partial charge in [0, 0.05) is 5.56 Å². The molecule has 0 bridgehead atoms. The Balaban J connectivity index is 2.86. The van der Waals surface area contributed by atoms with Crippen molar-refractivity contribution >= 4 is 5.91 Å². The monoisotopic (exact) mass is 287 g/mol. The Kier molecular flexibility index (Phi) is 5.88. The zero-order valence-electron chi connectivity index (χ0n) is 11.5. The lowest BCUT2D eigenvalue weighted by Crippen LogP contribution is -2.50. The summed E-state index contributed by atoms with van der Waals surface area (Å²) in [6.45, 7) is 0.599. The predicted octanol–water partition coefficient (Wildman–Crippen LogP) is 2.57. The van der Waals surface area contributed by atoms with Gasteiger partial charge < -0.3 is 15.2 Å². The molecule has 1 rings (SSSR count). The van der Waals surface area contributed by atoms with E-state index < -0.39 is 18.1 Å². The average Bonchev–Trinajstić information content (AvgIpc) is 2.44. The van der Waals surface area contributed by atoms with Crippen LogP contribution in [0.5, 0.6) is 5.75 Å². The zero-order chi connectivity index (χ0) is 15.2. The number of aliphatic hydroxyl groups is 1. The number of nitrogens with one attached hydrogen (secondary N) is 1. The van der Waals surface area contributed by atoms with Crippen molar-refractivity contribution < 1.29 is 23.4 Å². The van der Waals surface area contributed by atoms with Crippen LogP contribution in [0.4, 0.5) is 8.78 Å². The molecule has 0 aromatic heterocycles. The van der Waals surface area contributed by atoms with Gasteiger partial charge in [0.15, 0.2) is 0 Å². The van der Waals surface area contributed by atoms with Crippen LogP contribution < -0.4 is 10.1 Å². The largest absolute Gasteiger partial charge is 0.435 e. The number of aliphatic hydroxyl groups excluding tert-OH is 1. The van der Waals surface area contributed by atoms with E-state index in [4.69, 9.17) is 0 Å². The van der Waals surface area contributed by atoms with E-state index in [-0.39, 0.29) is 17.9 Å². The van der Waals surface area contributed by atoms with Crippen LogP contribution in [-0.2, 0) is 0 Å². The highest BCUT2D eigenvalue weighted by Gasteiger charge is 2.27. The number of hydrogen-bond donors (Lipinski definition) is 2. The third-order valence-corrected chi connectivity index (χ3v) is 3.36. The second kappa shape index (κ2) is 7.19. The van der Waals surface area contributed by atoms with E-state index in [2.05, 4.69) is 10.1 Å². The van der Waals surface area contributed by atoms with Gasteiger partial charge in [-0.2, -0.15) is 8.78 Å². The maximum Gasteiger partial charge on any atom is 0.387 e. The fourth-order valence-corrected chi connectivity index (χ4v) is 1.82. The third-order valence-electron chi connectivity index (χ3n) is 3.36. The molecule has 0 radical (unpaired) electrons. The van der Waals surface area contributed by atoms with E-state index in [1.165, 1.54) is 24.3 Å². The Morgan fingerprint density at radius 3 is 2.55 bits per heavy atom.